The first-order valence-electron chi connectivity index (χ1n) is 5.55. The van der Waals surface area contributed by atoms with Crippen LogP contribution in [0.4, 0.5) is 0 Å². The molecule has 0 saturated carbocycles. The van der Waals surface area contributed by atoms with Crippen LogP contribution in [0.1, 0.15) is 18.4 Å². The molecule has 2 nitrogen and oxygen atoms in total. The first-order chi connectivity index (χ1) is 7.84. The van der Waals surface area contributed by atoms with Crippen LogP contribution in [0.2, 0.25) is 0 Å². The number of hydrogen-bond donors (Lipinski definition) is 1. The monoisotopic (exact) mass is 213 g/mol. The summed E-state index contributed by atoms with van der Waals surface area (Å²) in [7, 11) is 0. The van der Waals surface area contributed by atoms with E-state index in [1.54, 1.807) is 6.08 Å². The van der Waals surface area contributed by atoms with Gasteiger partial charge < -0.3 is 5.32 Å². The zero-order chi connectivity index (χ0) is 11.2. The Balaban J connectivity index is 1.87. The lowest BCUT2D eigenvalue weighted by Gasteiger charge is -2.07. The highest BCUT2D eigenvalue weighted by atomic mass is 16.1. The molecule has 1 aromatic carbocycles. The van der Waals surface area contributed by atoms with Gasteiger partial charge in [-0.25, -0.2) is 0 Å². The van der Waals surface area contributed by atoms with Gasteiger partial charge in [-0.3, -0.25) is 4.79 Å². The summed E-state index contributed by atoms with van der Waals surface area (Å²) in [6, 6.07) is 10.0. The highest BCUT2D eigenvalue weighted by molar-refractivity contribution is 5.92. The normalized spacial score (nSPS) is 19.1. The van der Waals surface area contributed by atoms with Crippen molar-refractivity contribution in [3.05, 3.63) is 54.1 Å². The summed E-state index contributed by atoms with van der Waals surface area (Å²) in [5, 5.41) is 2.94. The molecule has 1 amide bonds. The Hall–Kier alpha value is -1.83. The summed E-state index contributed by atoms with van der Waals surface area (Å²) in [5.74, 6) is -0.0274. The Kier molecular flexibility index (Phi) is 3.54. The van der Waals surface area contributed by atoms with Gasteiger partial charge in [-0.15, -0.1) is 0 Å². The average Bonchev–Trinajstić information content (AvgIpc) is 2.81. The van der Waals surface area contributed by atoms with Gasteiger partial charge in [-0.05, 0) is 24.5 Å². The van der Waals surface area contributed by atoms with Crippen LogP contribution >= 0.6 is 0 Å². The molecule has 0 fully saturated rings. The molecule has 0 aliphatic heterocycles. The van der Waals surface area contributed by atoms with E-state index in [1.165, 1.54) is 0 Å². The van der Waals surface area contributed by atoms with E-state index in [9.17, 15) is 4.79 Å². The Morgan fingerprint density at radius 3 is 2.81 bits per heavy atom. The van der Waals surface area contributed by atoms with Crippen molar-refractivity contribution in [3.63, 3.8) is 0 Å². The van der Waals surface area contributed by atoms with Crippen LogP contribution in [-0.4, -0.2) is 11.9 Å². The third-order valence-electron chi connectivity index (χ3n) is 2.57. The minimum atomic E-state index is -0.0274. The number of hydrogen-bond acceptors (Lipinski definition) is 1. The maximum absolute atomic E-state index is 11.5. The van der Waals surface area contributed by atoms with Gasteiger partial charge in [0.25, 0.3) is 0 Å². The minimum Gasteiger partial charge on any atom is -0.346 e. The molecule has 0 spiro atoms. The maximum atomic E-state index is 11.5. The van der Waals surface area contributed by atoms with Gasteiger partial charge in [0.2, 0.25) is 5.91 Å². The average molecular weight is 213 g/mol. The summed E-state index contributed by atoms with van der Waals surface area (Å²) in [4.78, 5) is 11.5. The summed E-state index contributed by atoms with van der Waals surface area (Å²) >= 11 is 0. The second-order valence-electron chi connectivity index (χ2n) is 3.86. The van der Waals surface area contributed by atoms with Crippen molar-refractivity contribution in [3.8, 4) is 0 Å². The van der Waals surface area contributed by atoms with Gasteiger partial charge in [0.15, 0.2) is 0 Å². The predicted octanol–water partition coefficient (Wildman–Crippen LogP) is 2.53. The quantitative estimate of drug-likeness (QED) is 0.606. The third-order valence-corrected chi connectivity index (χ3v) is 2.57. The first kappa shape index (κ1) is 10.7. The van der Waals surface area contributed by atoms with Crippen LogP contribution in [0, 0.1) is 0 Å². The molecule has 82 valence electrons. The van der Waals surface area contributed by atoms with E-state index in [4.69, 9.17) is 0 Å². The lowest BCUT2D eigenvalue weighted by molar-refractivity contribution is -0.116. The Morgan fingerprint density at radius 2 is 2.12 bits per heavy atom. The number of carbonyl (C=O) groups excluding carboxylic acids is 1. The molecular weight excluding hydrogens is 198 g/mol. The second kappa shape index (κ2) is 5.31. The van der Waals surface area contributed by atoms with Crippen LogP contribution in [0.15, 0.2) is 48.6 Å². The van der Waals surface area contributed by atoms with Gasteiger partial charge in [0.1, 0.15) is 0 Å². The van der Waals surface area contributed by atoms with Crippen LogP contribution in [0.5, 0.6) is 0 Å². The molecule has 2 heteroatoms. The van der Waals surface area contributed by atoms with Crippen molar-refractivity contribution in [1.82, 2.24) is 5.32 Å². The van der Waals surface area contributed by atoms with Crippen LogP contribution in [-0.2, 0) is 4.79 Å². The Labute approximate surface area is 95.7 Å². The van der Waals surface area contributed by atoms with Gasteiger partial charge in [-0.1, -0.05) is 42.5 Å². The summed E-state index contributed by atoms with van der Waals surface area (Å²) in [6.45, 7) is 0. The number of allylic oxidation sites excluding steroid dienone is 1. The lowest BCUT2D eigenvalue weighted by Crippen LogP contribution is -2.30. The number of nitrogens with one attached hydrogen (secondary N) is 1. The van der Waals surface area contributed by atoms with Crippen LogP contribution < -0.4 is 5.32 Å². The van der Waals surface area contributed by atoms with Gasteiger partial charge in [0, 0.05) is 12.1 Å². The Morgan fingerprint density at radius 1 is 1.31 bits per heavy atom. The zero-order valence-corrected chi connectivity index (χ0v) is 9.10. The molecule has 0 heterocycles. The van der Waals surface area contributed by atoms with Gasteiger partial charge in [0.05, 0.1) is 0 Å². The van der Waals surface area contributed by atoms with E-state index in [0.717, 1.165) is 18.4 Å². The largest absolute Gasteiger partial charge is 0.346 e. The van der Waals surface area contributed by atoms with Crippen molar-refractivity contribution < 1.29 is 4.79 Å². The van der Waals surface area contributed by atoms with Crippen molar-refractivity contribution in [2.24, 2.45) is 0 Å². The van der Waals surface area contributed by atoms with Crippen molar-refractivity contribution in [2.45, 2.75) is 18.9 Å². The van der Waals surface area contributed by atoms with Crippen molar-refractivity contribution >= 4 is 12.0 Å². The number of rotatable bonds is 3. The number of benzene rings is 1. The Bertz CT molecular complexity index is 406. The molecule has 1 aliphatic carbocycles. The molecule has 0 aromatic heterocycles. The highest BCUT2D eigenvalue weighted by Gasteiger charge is 2.09. The van der Waals surface area contributed by atoms with E-state index >= 15 is 0 Å². The number of amides is 1. The molecule has 1 atom stereocenters. The first-order valence-corrected chi connectivity index (χ1v) is 5.55. The molecular formula is C14H15NO. The maximum Gasteiger partial charge on any atom is 0.244 e. The number of carbonyl (C=O) groups is 1. The fourth-order valence-electron chi connectivity index (χ4n) is 1.72. The van der Waals surface area contributed by atoms with Crippen LogP contribution in [0.3, 0.4) is 0 Å². The zero-order valence-electron chi connectivity index (χ0n) is 9.10. The fourth-order valence-corrected chi connectivity index (χ4v) is 1.72. The summed E-state index contributed by atoms with van der Waals surface area (Å²) < 4.78 is 0. The van der Waals surface area contributed by atoms with E-state index < -0.39 is 0 Å². The molecule has 1 aromatic rings. The van der Waals surface area contributed by atoms with Crippen molar-refractivity contribution in [1.29, 1.82) is 0 Å². The molecule has 0 radical (unpaired) electrons. The smallest absolute Gasteiger partial charge is 0.244 e. The highest BCUT2D eigenvalue weighted by Crippen LogP contribution is 2.08. The molecule has 2 rings (SSSR count). The second-order valence-corrected chi connectivity index (χ2v) is 3.86. The summed E-state index contributed by atoms with van der Waals surface area (Å²) in [6.07, 6.45) is 9.65. The van der Waals surface area contributed by atoms with E-state index in [2.05, 4.69) is 11.4 Å². The molecule has 0 saturated heterocycles. The molecule has 1 aliphatic rings. The minimum absolute atomic E-state index is 0.0274. The molecule has 0 bridgehead atoms. The van der Waals surface area contributed by atoms with E-state index in [0.29, 0.717) is 0 Å². The standard InChI is InChI=1S/C14H15NO/c16-14(15-13-8-4-5-9-13)11-10-12-6-2-1-3-7-12/h1-4,6-8,10-11,13H,5,9H2,(H,15,16). The topological polar surface area (TPSA) is 29.1 Å². The molecule has 16 heavy (non-hydrogen) atoms. The SMILES string of the molecule is O=C(C=Cc1ccccc1)NC1C=CCC1. The van der Waals surface area contributed by atoms with Gasteiger partial charge in [-0.2, -0.15) is 0 Å². The molecule has 1 unspecified atom stereocenters. The predicted molar refractivity (Wildman–Crippen MR) is 65.8 cm³/mol. The molecule has 1 N–H and O–H groups in total. The fraction of sp³-hybridized carbons (Fsp3) is 0.214. The summed E-state index contributed by atoms with van der Waals surface area (Å²) in [5.41, 5.74) is 1.04. The van der Waals surface area contributed by atoms with Crippen molar-refractivity contribution in [2.75, 3.05) is 0 Å². The lowest BCUT2D eigenvalue weighted by atomic mass is 10.2. The van der Waals surface area contributed by atoms with E-state index in [-0.39, 0.29) is 11.9 Å². The van der Waals surface area contributed by atoms with Crippen LogP contribution in [0.25, 0.3) is 6.08 Å². The van der Waals surface area contributed by atoms with E-state index in [1.807, 2.05) is 42.5 Å². The van der Waals surface area contributed by atoms with Gasteiger partial charge >= 0.3 is 0 Å². The third kappa shape index (κ3) is 3.09.